The molecular formula is C14H23FN2O2S. The van der Waals surface area contributed by atoms with Gasteiger partial charge >= 0.3 is 0 Å². The van der Waals surface area contributed by atoms with Crippen LogP contribution in [0.3, 0.4) is 0 Å². The van der Waals surface area contributed by atoms with Crippen molar-refractivity contribution in [1.29, 1.82) is 0 Å². The fourth-order valence-electron chi connectivity index (χ4n) is 1.72. The molecule has 0 unspecified atom stereocenters. The minimum absolute atomic E-state index is 0.0993. The van der Waals surface area contributed by atoms with Gasteiger partial charge in [-0.05, 0) is 37.1 Å². The molecule has 0 atom stereocenters. The van der Waals surface area contributed by atoms with Crippen LogP contribution in [-0.4, -0.2) is 26.8 Å². The Kier molecular flexibility index (Phi) is 7.12. The zero-order valence-corrected chi connectivity index (χ0v) is 12.8. The molecule has 4 nitrogen and oxygen atoms in total. The van der Waals surface area contributed by atoms with Gasteiger partial charge in [0.05, 0.1) is 5.75 Å². The number of benzene rings is 1. The van der Waals surface area contributed by atoms with Gasteiger partial charge in [0.25, 0.3) is 0 Å². The second kappa shape index (κ2) is 8.34. The number of hydrogen-bond donors (Lipinski definition) is 2. The quantitative estimate of drug-likeness (QED) is 0.686. The standard InChI is InChI=1S/C14H23FN2O2S/c1-12(2)16-8-3-4-9-20(18,19)17-11-13-6-5-7-14(15)10-13/h5-7,10,12,16-17H,3-4,8-9,11H2,1-2H3. The van der Waals surface area contributed by atoms with Crippen LogP contribution in [0.4, 0.5) is 4.39 Å². The van der Waals surface area contributed by atoms with Gasteiger partial charge in [0.15, 0.2) is 0 Å². The lowest BCUT2D eigenvalue weighted by Gasteiger charge is -2.09. The molecule has 0 aliphatic heterocycles. The second-order valence-corrected chi connectivity index (χ2v) is 7.01. The van der Waals surface area contributed by atoms with Crippen LogP contribution in [-0.2, 0) is 16.6 Å². The van der Waals surface area contributed by atoms with Crippen LogP contribution in [0.15, 0.2) is 24.3 Å². The highest BCUT2D eigenvalue weighted by atomic mass is 32.2. The Morgan fingerprint density at radius 2 is 2.00 bits per heavy atom. The molecule has 2 N–H and O–H groups in total. The lowest BCUT2D eigenvalue weighted by Crippen LogP contribution is -2.27. The van der Waals surface area contributed by atoms with E-state index in [1.165, 1.54) is 12.1 Å². The molecule has 0 aromatic heterocycles. The van der Waals surface area contributed by atoms with E-state index in [1.54, 1.807) is 12.1 Å². The molecule has 0 radical (unpaired) electrons. The first-order chi connectivity index (χ1) is 9.39. The predicted octanol–water partition coefficient (Wildman–Crippen LogP) is 2.02. The Hall–Kier alpha value is -0.980. The first-order valence-electron chi connectivity index (χ1n) is 6.84. The Morgan fingerprint density at radius 1 is 1.25 bits per heavy atom. The molecule has 20 heavy (non-hydrogen) atoms. The van der Waals surface area contributed by atoms with E-state index in [2.05, 4.69) is 23.9 Å². The van der Waals surface area contributed by atoms with Crippen molar-refractivity contribution < 1.29 is 12.8 Å². The van der Waals surface area contributed by atoms with Crippen molar-refractivity contribution >= 4 is 10.0 Å². The fourth-order valence-corrected chi connectivity index (χ4v) is 2.84. The summed E-state index contributed by atoms with van der Waals surface area (Å²) in [5.41, 5.74) is 0.620. The highest BCUT2D eigenvalue weighted by Crippen LogP contribution is 2.04. The number of unbranched alkanes of at least 4 members (excludes halogenated alkanes) is 1. The number of rotatable bonds is 9. The number of hydrogen-bond acceptors (Lipinski definition) is 3. The number of nitrogens with one attached hydrogen (secondary N) is 2. The van der Waals surface area contributed by atoms with E-state index in [9.17, 15) is 12.8 Å². The van der Waals surface area contributed by atoms with Gasteiger partial charge < -0.3 is 5.32 Å². The minimum Gasteiger partial charge on any atom is -0.315 e. The summed E-state index contributed by atoms with van der Waals surface area (Å²) in [6.07, 6.45) is 1.43. The Labute approximate surface area is 120 Å². The van der Waals surface area contributed by atoms with Crippen LogP contribution in [0.2, 0.25) is 0 Å². The van der Waals surface area contributed by atoms with E-state index in [1.807, 2.05) is 0 Å². The highest BCUT2D eigenvalue weighted by Gasteiger charge is 2.09. The summed E-state index contributed by atoms with van der Waals surface area (Å²) in [5.74, 6) is -0.260. The summed E-state index contributed by atoms with van der Waals surface area (Å²) in [6.45, 7) is 5.05. The third kappa shape index (κ3) is 7.57. The lowest BCUT2D eigenvalue weighted by molar-refractivity contribution is 0.555. The highest BCUT2D eigenvalue weighted by molar-refractivity contribution is 7.89. The fraction of sp³-hybridized carbons (Fsp3) is 0.571. The molecule has 6 heteroatoms. The van der Waals surface area contributed by atoms with Crippen molar-refractivity contribution in [2.45, 2.75) is 39.3 Å². The normalized spacial score (nSPS) is 12.0. The second-order valence-electron chi connectivity index (χ2n) is 5.09. The molecule has 1 aromatic carbocycles. The Balaban J connectivity index is 2.28. The SMILES string of the molecule is CC(C)NCCCCS(=O)(=O)NCc1cccc(F)c1. The average Bonchev–Trinajstić information content (AvgIpc) is 2.36. The maximum absolute atomic E-state index is 13.0. The molecule has 0 bridgehead atoms. The third-order valence-corrected chi connectivity index (χ3v) is 4.19. The van der Waals surface area contributed by atoms with Gasteiger partial charge in [-0.1, -0.05) is 26.0 Å². The predicted molar refractivity (Wildman–Crippen MR) is 79.4 cm³/mol. The van der Waals surface area contributed by atoms with Crippen molar-refractivity contribution in [2.24, 2.45) is 0 Å². The molecule has 0 fully saturated rings. The van der Waals surface area contributed by atoms with Gasteiger partial charge in [0, 0.05) is 12.6 Å². The van der Waals surface area contributed by atoms with Crippen molar-refractivity contribution in [3.63, 3.8) is 0 Å². The molecule has 0 saturated carbocycles. The zero-order chi connectivity index (χ0) is 15.0. The molecule has 0 heterocycles. The molecule has 114 valence electrons. The van der Waals surface area contributed by atoms with Crippen LogP contribution in [0.5, 0.6) is 0 Å². The summed E-state index contributed by atoms with van der Waals surface area (Å²) < 4.78 is 39.0. The van der Waals surface area contributed by atoms with Crippen molar-refractivity contribution in [3.05, 3.63) is 35.6 Å². The van der Waals surface area contributed by atoms with Crippen LogP contribution >= 0.6 is 0 Å². The molecule has 0 amide bonds. The summed E-state index contributed by atoms with van der Waals surface area (Å²) in [7, 11) is -3.29. The summed E-state index contributed by atoms with van der Waals surface area (Å²) in [5, 5.41) is 3.24. The van der Waals surface area contributed by atoms with E-state index in [0.29, 0.717) is 18.0 Å². The van der Waals surface area contributed by atoms with Crippen LogP contribution in [0, 0.1) is 5.82 Å². The van der Waals surface area contributed by atoms with Gasteiger partial charge in [-0.3, -0.25) is 0 Å². The number of sulfonamides is 1. The van der Waals surface area contributed by atoms with Crippen LogP contribution in [0.1, 0.15) is 32.3 Å². The monoisotopic (exact) mass is 302 g/mol. The lowest BCUT2D eigenvalue weighted by atomic mass is 10.2. The van der Waals surface area contributed by atoms with Gasteiger partial charge in [-0.2, -0.15) is 0 Å². The van der Waals surface area contributed by atoms with Crippen molar-refractivity contribution in [3.8, 4) is 0 Å². The largest absolute Gasteiger partial charge is 0.315 e. The molecule has 1 aromatic rings. The van der Waals surface area contributed by atoms with E-state index >= 15 is 0 Å². The van der Waals surface area contributed by atoms with Gasteiger partial charge in [0.2, 0.25) is 10.0 Å². The maximum Gasteiger partial charge on any atom is 0.211 e. The Bertz CT molecular complexity index is 504. The van der Waals surface area contributed by atoms with E-state index in [0.717, 1.165) is 13.0 Å². The summed E-state index contributed by atoms with van der Waals surface area (Å²) in [6, 6.07) is 6.33. The summed E-state index contributed by atoms with van der Waals surface area (Å²) in [4.78, 5) is 0. The van der Waals surface area contributed by atoms with E-state index < -0.39 is 10.0 Å². The average molecular weight is 302 g/mol. The first kappa shape index (κ1) is 17.1. The van der Waals surface area contributed by atoms with E-state index in [4.69, 9.17) is 0 Å². The maximum atomic E-state index is 13.0. The molecule has 1 rings (SSSR count). The molecule has 0 aliphatic carbocycles. The van der Waals surface area contributed by atoms with Gasteiger partial charge in [-0.25, -0.2) is 17.5 Å². The topological polar surface area (TPSA) is 58.2 Å². The zero-order valence-electron chi connectivity index (χ0n) is 12.0. The van der Waals surface area contributed by atoms with Gasteiger partial charge in [0.1, 0.15) is 5.82 Å². The molecule has 0 spiro atoms. The van der Waals surface area contributed by atoms with Crippen molar-refractivity contribution in [2.75, 3.05) is 12.3 Å². The third-order valence-electron chi connectivity index (χ3n) is 2.78. The first-order valence-corrected chi connectivity index (χ1v) is 8.49. The van der Waals surface area contributed by atoms with E-state index in [-0.39, 0.29) is 18.1 Å². The number of halogens is 1. The van der Waals surface area contributed by atoms with Crippen LogP contribution in [0.25, 0.3) is 0 Å². The minimum atomic E-state index is -3.29. The molecule has 0 aliphatic rings. The Morgan fingerprint density at radius 3 is 2.65 bits per heavy atom. The summed E-state index contributed by atoms with van der Waals surface area (Å²) >= 11 is 0. The smallest absolute Gasteiger partial charge is 0.211 e. The van der Waals surface area contributed by atoms with Crippen LogP contribution < -0.4 is 10.0 Å². The molecular weight excluding hydrogens is 279 g/mol. The van der Waals surface area contributed by atoms with Gasteiger partial charge in [-0.15, -0.1) is 0 Å². The molecule has 0 saturated heterocycles. The van der Waals surface area contributed by atoms with Crippen molar-refractivity contribution in [1.82, 2.24) is 10.0 Å².